The topological polar surface area (TPSA) is 47.1 Å². The zero-order valence-corrected chi connectivity index (χ0v) is 9.23. The third-order valence-electron chi connectivity index (χ3n) is 3.05. The van der Waals surface area contributed by atoms with Crippen LogP contribution in [0.3, 0.4) is 0 Å². The number of aromatic nitrogens is 2. The minimum Gasteiger partial charge on any atom is -0.333 e. The van der Waals surface area contributed by atoms with E-state index in [0.29, 0.717) is 6.54 Å². The van der Waals surface area contributed by atoms with Crippen LogP contribution in [0.1, 0.15) is 18.5 Å². The van der Waals surface area contributed by atoms with Crippen molar-refractivity contribution in [1.29, 1.82) is 0 Å². The predicted octanol–water partition coefficient (Wildman–Crippen LogP) is 0.480. The van der Waals surface area contributed by atoms with Gasteiger partial charge in [-0.25, -0.2) is 4.98 Å². The molecule has 1 aliphatic heterocycles. The monoisotopic (exact) mass is 208 g/mol. The Labute approximate surface area is 91.1 Å². The zero-order chi connectivity index (χ0) is 10.5. The summed E-state index contributed by atoms with van der Waals surface area (Å²) in [5.74, 6) is 0. The molecule has 2 rings (SSSR count). The van der Waals surface area contributed by atoms with Crippen LogP contribution in [0.15, 0.2) is 12.5 Å². The second kappa shape index (κ2) is 5.28. The Balaban J connectivity index is 1.83. The van der Waals surface area contributed by atoms with E-state index < -0.39 is 0 Å². The summed E-state index contributed by atoms with van der Waals surface area (Å²) in [7, 11) is 0. The molecule has 1 aromatic rings. The van der Waals surface area contributed by atoms with Crippen molar-refractivity contribution in [3.05, 3.63) is 18.2 Å². The standard InChI is InChI=1S/C11H20N4/c12-4-3-11-9-13-10-15(11)8-7-14-5-1-2-6-14/h9-10H,1-8,12H2. The van der Waals surface area contributed by atoms with Crippen LogP contribution in [-0.4, -0.2) is 40.6 Å². The van der Waals surface area contributed by atoms with E-state index >= 15 is 0 Å². The average molecular weight is 208 g/mol. The maximum absolute atomic E-state index is 5.56. The van der Waals surface area contributed by atoms with E-state index in [2.05, 4.69) is 14.5 Å². The SMILES string of the molecule is NCCc1cncn1CCN1CCCC1. The zero-order valence-electron chi connectivity index (χ0n) is 9.23. The van der Waals surface area contributed by atoms with Crippen LogP contribution < -0.4 is 5.73 Å². The first-order valence-corrected chi connectivity index (χ1v) is 5.81. The highest BCUT2D eigenvalue weighted by atomic mass is 15.2. The summed E-state index contributed by atoms with van der Waals surface area (Å²) in [6.45, 7) is 5.43. The molecular weight excluding hydrogens is 188 g/mol. The Hall–Kier alpha value is -0.870. The quantitative estimate of drug-likeness (QED) is 0.765. The molecule has 0 atom stereocenters. The first-order chi connectivity index (χ1) is 7.40. The summed E-state index contributed by atoms with van der Waals surface area (Å²) in [5.41, 5.74) is 6.82. The van der Waals surface area contributed by atoms with Gasteiger partial charge >= 0.3 is 0 Å². The van der Waals surface area contributed by atoms with Gasteiger partial charge in [0, 0.05) is 31.4 Å². The number of imidazole rings is 1. The normalized spacial score (nSPS) is 17.4. The van der Waals surface area contributed by atoms with Crippen molar-refractivity contribution in [2.24, 2.45) is 5.73 Å². The minimum atomic E-state index is 0.704. The van der Waals surface area contributed by atoms with Gasteiger partial charge in [0.15, 0.2) is 0 Å². The highest BCUT2D eigenvalue weighted by Gasteiger charge is 2.11. The van der Waals surface area contributed by atoms with Gasteiger partial charge in [-0.2, -0.15) is 0 Å². The molecule has 2 N–H and O–H groups in total. The summed E-state index contributed by atoms with van der Waals surface area (Å²) >= 11 is 0. The van der Waals surface area contributed by atoms with Crippen LogP contribution >= 0.6 is 0 Å². The molecule has 1 aromatic heterocycles. The molecule has 15 heavy (non-hydrogen) atoms. The third-order valence-corrected chi connectivity index (χ3v) is 3.05. The Morgan fingerprint density at radius 1 is 1.27 bits per heavy atom. The molecule has 1 saturated heterocycles. The van der Waals surface area contributed by atoms with Crippen molar-refractivity contribution in [3.63, 3.8) is 0 Å². The van der Waals surface area contributed by atoms with Crippen LogP contribution in [0.4, 0.5) is 0 Å². The van der Waals surface area contributed by atoms with Gasteiger partial charge in [-0.15, -0.1) is 0 Å². The number of hydrogen-bond acceptors (Lipinski definition) is 3. The lowest BCUT2D eigenvalue weighted by molar-refractivity contribution is 0.321. The van der Waals surface area contributed by atoms with E-state index in [9.17, 15) is 0 Å². The molecule has 84 valence electrons. The number of hydrogen-bond donors (Lipinski definition) is 1. The summed E-state index contributed by atoms with van der Waals surface area (Å²) in [5, 5.41) is 0. The van der Waals surface area contributed by atoms with Crippen molar-refractivity contribution in [1.82, 2.24) is 14.5 Å². The number of nitrogens with two attached hydrogens (primary N) is 1. The maximum atomic E-state index is 5.56. The molecule has 1 aliphatic rings. The third kappa shape index (κ3) is 2.79. The van der Waals surface area contributed by atoms with Gasteiger partial charge in [0.1, 0.15) is 0 Å². The molecule has 0 bridgehead atoms. The molecule has 4 nitrogen and oxygen atoms in total. The Morgan fingerprint density at radius 3 is 2.80 bits per heavy atom. The molecule has 0 radical (unpaired) electrons. The number of nitrogens with zero attached hydrogens (tertiary/aromatic N) is 3. The highest BCUT2D eigenvalue weighted by molar-refractivity contribution is 4.98. The van der Waals surface area contributed by atoms with E-state index in [0.717, 1.165) is 19.5 Å². The maximum Gasteiger partial charge on any atom is 0.0948 e. The number of rotatable bonds is 5. The molecule has 1 fully saturated rings. The van der Waals surface area contributed by atoms with Crippen molar-refractivity contribution in [2.45, 2.75) is 25.8 Å². The van der Waals surface area contributed by atoms with Crippen molar-refractivity contribution >= 4 is 0 Å². The lowest BCUT2D eigenvalue weighted by atomic mass is 10.3. The van der Waals surface area contributed by atoms with Gasteiger partial charge in [0.25, 0.3) is 0 Å². The van der Waals surface area contributed by atoms with Crippen LogP contribution in [0.5, 0.6) is 0 Å². The summed E-state index contributed by atoms with van der Waals surface area (Å²) in [6, 6.07) is 0. The van der Waals surface area contributed by atoms with Crippen molar-refractivity contribution in [2.75, 3.05) is 26.2 Å². The van der Waals surface area contributed by atoms with E-state index in [1.807, 2.05) is 12.5 Å². The second-order valence-electron chi connectivity index (χ2n) is 4.17. The predicted molar refractivity (Wildman–Crippen MR) is 60.7 cm³/mol. The lowest BCUT2D eigenvalue weighted by Gasteiger charge is -2.15. The van der Waals surface area contributed by atoms with Crippen molar-refractivity contribution < 1.29 is 0 Å². The molecule has 0 aliphatic carbocycles. The molecule has 0 unspecified atom stereocenters. The van der Waals surface area contributed by atoms with Gasteiger partial charge in [-0.1, -0.05) is 0 Å². The van der Waals surface area contributed by atoms with Gasteiger partial charge < -0.3 is 15.2 Å². The Kier molecular flexibility index (Phi) is 3.75. The minimum absolute atomic E-state index is 0.704. The fourth-order valence-corrected chi connectivity index (χ4v) is 2.16. The fraction of sp³-hybridized carbons (Fsp3) is 0.727. The first kappa shape index (κ1) is 10.6. The second-order valence-corrected chi connectivity index (χ2v) is 4.17. The first-order valence-electron chi connectivity index (χ1n) is 5.81. The van der Waals surface area contributed by atoms with E-state index in [1.165, 1.54) is 31.6 Å². The molecule has 4 heteroatoms. The summed E-state index contributed by atoms with van der Waals surface area (Å²) < 4.78 is 2.23. The smallest absolute Gasteiger partial charge is 0.0948 e. The van der Waals surface area contributed by atoms with Gasteiger partial charge in [0.2, 0.25) is 0 Å². The Bertz CT molecular complexity index is 289. The van der Waals surface area contributed by atoms with Crippen LogP contribution in [0.25, 0.3) is 0 Å². The highest BCUT2D eigenvalue weighted by Crippen LogP contribution is 2.08. The van der Waals surface area contributed by atoms with Gasteiger partial charge in [-0.3, -0.25) is 0 Å². The molecule has 2 heterocycles. The molecule has 0 amide bonds. The lowest BCUT2D eigenvalue weighted by Crippen LogP contribution is -2.24. The van der Waals surface area contributed by atoms with Crippen molar-refractivity contribution in [3.8, 4) is 0 Å². The van der Waals surface area contributed by atoms with Crippen LogP contribution in [0.2, 0.25) is 0 Å². The van der Waals surface area contributed by atoms with Crippen LogP contribution in [0, 0.1) is 0 Å². The van der Waals surface area contributed by atoms with E-state index in [1.54, 1.807) is 0 Å². The van der Waals surface area contributed by atoms with E-state index in [4.69, 9.17) is 5.73 Å². The molecule has 0 saturated carbocycles. The Morgan fingerprint density at radius 2 is 2.07 bits per heavy atom. The molecule has 0 aromatic carbocycles. The average Bonchev–Trinajstić information content (AvgIpc) is 2.85. The van der Waals surface area contributed by atoms with Gasteiger partial charge in [0.05, 0.1) is 6.33 Å². The molecular formula is C11H20N4. The van der Waals surface area contributed by atoms with Gasteiger partial charge in [-0.05, 0) is 32.5 Å². The fourth-order valence-electron chi connectivity index (χ4n) is 2.16. The summed E-state index contributed by atoms with van der Waals surface area (Å²) in [4.78, 5) is 6.69. The number of likely N-dealkylation sites (tertiary alicyclic amines) is 1. The van der Waals surface area contributed by atoms with E-state index in [-0.39, 0.29) is 0 Å². The molecule has 0 spiro atoms. The summed E-state index contributed by atoms with van der Waals surface area (Å²) in [6.07, 6.45) is 7.50. The largest absolute Gasteiger partial charge is 0.333 e. The van der Waals surface area contributed by atoms with Crippen LogP contribution in [-0.2, 0) is 13.0 Å².